The topological polar surface area (TPSA) is 33.4 Å². The van der Waals surface area contributed by atoms with Crippen LogP contribution in [-0.2, 0) is 6.42 Å². The number of fused-ring (bicyclic) bond motifs is 1. The van der Waals surface area contributed by atoms with Crippen molar-refractivity contribution in [3.63, 3.8) is 0 Å². The van der Waals surface area contributed by atoms with Gasteiger partial charge in [-0.2, -0.15) is 4.99 Å². The van der Waals surface area contributed by atoms with Crippen LogP contribution in [0.5, 0.6) is 0 Å². The Hall–Kier alpha value is -1.39. The minimum atomic E-state index is 0. The van der Waals surface area contributed by atoms with Crippen LogP contribution >= 0.6 is 0 Å². The first-order valence-corrected chi connectivity index (χ1v) is 8.61. The number of nitrogens with one attached hydrogen (secondary N) is 1. The first kappa shape index (κ1) is 21.7. The molecule has 3 N–H and O–H groups in total. The van der Waals surface area contributed by atoms with E-state index < -0.39 is 0 Å². The summed E-state index contributed by atoms with van der Waals surface area (Å²) in [5.74, 6) is 0. The van der Waals surface area contributed by atoms with Gasteiger partial charge in [0.2, 0.25) is 0 Å². The van der Waals surface area contributed by atoms with Crippen LogP contribution in [0.4, 0.5) is 11.4 Å². The van der Waals surface area contributed by atoms with Gasteiger partial charge in [-0.3, -0.25) is 4.90 Å². The Morgan fingerprint density at radius 3 is 2.44 bits per heavy atom. The maximum atomic E-state index is 4.57. The number of rotatable bonds is 7. The highest BCUT2D eigenvalue weighted by molar-refractivity contribution is 5.73. The van der Waals surface area contributed by atoms with Gasteiger partial charge in [-0.05, 0) is 36.6 Å². The van der Waals surface area contributed by atoms with E-state index >= 15 is 0 Å². The van der Waals surface area contributed by atoms with Crippen LogP contribution in [0.3, 0.4) is 0 Å². The molecule has 2 aromatic carbocycles. The molecule has 0 saturated carbocycles. The average molecular weight is 380 g/mol. The number of aliphatic imine (C=N–C) groups is 1. The average Bonchev–Trinajstić information content (AvgIpc) is 2.94. The summed E-state index contributed by atoms with van der Waals surface area (Å²) in [5.41, 5.74) is 6.62. The zero-order chi connectivity index (χ0) is 16.1. The molecule has 0 aromatic heterocycles. The highest BCUT2D eigenvalue weighted by Gasteiger charge is 2.21. The van der Waals surface area contributed by atoms with Crippen LogP contribution in [0.25, 0.3) is 0 Å². The molecule has 2 aromatic rings. The van der Waals surface area contributed by atoms with Crippen LogP contribution in [0, 0.1) is 13.8 Å². The van der Waals surface area contributed by atoms with Crippen molar-refractivity contribution < 1.29 is 35.0 Å². The second kappa shape index (κ2) is 10.6. The molecule has 0 radical (unpaired) electrons. The number of nitrogens with zero attached hydrogens (tertiary/aromatic N) is 1. The zero-order valence-electron chi connectivity index (χ0n) is 14.9. The van der Waals surface area contributed by atoms with Crippen LogP contribution in [0.1, 0.15) is 23.1 Å². The molecular formula is C20H27Cl2N3. The van der Waals surface area contributed by atoms with Crippen molar-refractivity contribution >= 4 is 17.7 Å². The van der Waals surface area contributed by atoms with E-state index in [4.69, 9.17) is 0 Å². The number of nitrogens with two attached hydrogens (primary N) is 1. The smallest absolute Gasteiger partial charge is 0.194 e. The predicted octanol–water partition coefficient (Wildman–Crippen LogP) is -4.30. The van der Waals surface area contributed by atoms with Crippen molar-refractivity contribution in [3.05, 3.63) is 59.2 Å². The molecule has 0 aliphatic carbocycles. The number of quaternary nitrogens is 2. The van der Waals surface area contributed by atoms with Crippen molar-refractivity contribution in [2.45, 2.75) is 26.7 Å². The molecule has 0 saturated heterocycles. The van der Waals surface area contributed by atoms with E-state index in [-0.39, 0.29) is 24.8 Å². The SMILES string of the molecule is Cc1cc2c(cc1C)[NH+](CCC[NH2+]CCc1ccccc1)C=N2.[Cl-].[Cl-]. The van der Waals surface area contributed by atoms with Gasteiger partial charge < -0.3 is 30.1 Å². The van der Waals surface area contributed by atoms with Crippen molar-refractivity contribution in [2.24, 2.45) is 4.99 Å². The lowest BCUT2D eigenvalue weighted by Crippen LogP contribution is -3.05. The van der Waals surface area contributed by atoms with Gasteiger partial charge in [-0.1, -0.05) is 30.3 Å². The van der Waals surface area contributed by atoms with E-state index in [9.17, 15) is 0 Å². The molecule has 1 aliphatic rings. The third-order valence-electron chi connectivity index (χ3n) is 4.65. The van der Waals surface area contributed by atoms with Crippen LogP contribution in [0.2, 0.25) is 0 Å². The summed E-state index contributed by atoms with van der Waals surface area (Å²) in [5, 5.41) is 2.43. The number of hydrogen-bond donors (Lipinski definition) is 2. The second-order valence-corrected chi connectivity index (χ2v) is 6.44. The fraction of sp³-hybridized carbons (Fsp3) is 0.350. The number of aryl methyl sites for hydroxylation is 2. The molecular weight excluding hydrogens is 353 g/mol. The van der Waals surface area contributed by atoms with Crippen LogP contribution in [-0.4, -0.2) is 26.0 Å². The highest BCUT2D eigenvalue weighted by Crippen LogP contribution is 2.27. The van der Waals surface area contributed by atoms with E-state index in [0.717, 1.165) is 18.7 Å². The van der Waals surface area contributed by atoms with E-state index in [0.29, 0.717) is 0 Å². The summed E-state index contributed by atoms with van der Waals surface area (Å²) in [6, 6.07) is 15.2. The molecule has 25 heavy (non-hydrogen) atoms. The van der Waals surface area contributed by atoms with Crippen molar-refractivity contribution in [2.75, 3.05) is 19.6 Å². The van der Waals surface area contributed by atoms with Crippen molar-refractivity contribution in [1.29, 1.82) is 0 Å². The number of hydrogen-bond acceptors (Lipinski definition) is 1. The van der Waals surface area contributed by atoms with Crippen molar-refractivity contribution in [3.8, 4) is 0 Å². The lowest BCUT2D eigenvalue weighted by atomic mass is 10.1. The maximum absolute atomic E-state index is 4.57. The normalized spacial score (nSPS) is 14.6. The fourth-order valence-electron chi connectivity index (χ4n) is 3.08. The first-order valence-electron chi connectivity index (χ1n) is 8.61. The van der Waals surface area contributed by atoms with Gasteiger partial charge in [-0.15, -0.1) is 0 Å². The van der Waals surface area contributed by atoms with Gasteiger partial charge in [0.15, 0.2) is 12.0 Å². The molecule has 3 rings (SSSR count). The molecule has 5 heteroatoms. The Bertz CT molecular complexity index is 687. The lowest BCUT2D eigenvalue weighted by Gasteiger charge is -2.11. The Morgan fingerprint density at radius 2 is 1.68 bits per heavy atom. The summed E-state index contributed by atoms with van der Waals surface area (Å²) in [4.78, 5) is 5.97. The van der Waals surface area contributed by atoms with Gasteiger partial charge in [0.25, 0.3) is 0 Å². The monoisotopic (exact) mass is 379 g/mol. The molecule has 136 valence electrons. The Labute approximate surface area is 163 Å². The minimum Gasteiger partial charge on any atom is -1.00 e. The van der Waals surface area contributed by atoms with E-state index in [1.54, 1.807) is 0 Å². The Balaban J connectivity index is 0.00000156. The minimum absolute atomic E-state index is 0. The van der Waals surface area contributed by atoms with Gasteiger partial charge in [0.05, 0.1) is 19.6 Å². The third-order valence-corrected chi connectivity index (χ3v) is 4.65. The van der Waals surface area contributed by atoms with Gasteiger partial charge in [0.1, 0.15) is 5.69 Å². The fourth-order valence-corrected chi connectivity index (χ4v) is 3.08. The van der Waals surface area contributed by atoms with Gasteiger partial charge >= 0.3 is 0 Å². The quantitative estimate of drug-likeness (QED) is 0.456. The lowest BCUT2D eigenvalue weighted by molar-refractivity contribution is -0.728. The van der Waals surface area contributed by atoms with Crippen LogP contribution < -0.4 is 35.0 Å². The molecule has 0 amide bonds. The van der Waals surface area contributed by atoms with E-state index in [1.807, 2.05) is 0 Å². The molecule has 1 heterocycles. The standard InChI is InChI=1S/C20H25N3.2ClH/c1-16-13-19-20(14-17(16)2)23(15-22-19)12-6-10-21-11-9-18-7-4-3-5-8-18;;/h3-5,7-8,13-15,21H,6,9-12H2,1-2H3;2*1H. The summed E-state index contributed by atoms with van der Waals surface area (Å²) >= 11 is 0. The number of benzene rings is 2. The van der Waals surface area contributed by atoms with Gasteiger partial charge in [-0.25, -0.2) is 0 Å². The first-order chi connectivity index (χ1) is 11.2. The summed E-state index contributed by atoms with van der Waals surface area (Å²) in [6.45, 7) is 7.82. The molecule has 0 fully saturated rings. The molecule has 0 bridgehead atoms. The van der Waals surface area contributed by atoms with E-state index in [1.165, 1.54) is 46.8 Å². The second-order valence-electron chi connectivity index (χ2n) is 6.44. The van der Waals surface area contributed by atoms with Crippen LogP contribution in [0.15, 0.2) is 47.5 Å². The van der Waals surface area contributed by atoms with Crippen molar-refractivity contribution in [1.82, 2.24) is 0 Å². The van der Waals surface area contributed by atoms with Gasteiger partial charge in [0, 0.05) is 18.9 Å². The predicted molar refractivity (Wildman–Crippen MR) is 96.0 cm³/mol. The zero-order valence-corrected chi connectivity index (χ0v) is 16.4. The maximum Gasteiger partial charge on any atom is 0.194 e. The summed E-state index contributed by atoms with van der Waals surface area (Å²) < 4.78 is 0. The third kappa shape index (κ3) is 5.82. The molecule has 3 nitrogen and oxygen atoms in total. The molecule has 1 unspecified atom stereocenters. The number of halogens is 2. The largest absolute Gasteiger partial charge is 1.00 e. The highest BCUT2D eigenvalue weighted by atomic mass is 35.5. The molecule has 1 atom stereocenters. The summed E-state index contributed by atoms with van der Waals surface area (Å²) in [6.07, 6.45) is 4.43. The Kier molecular flexibility index (Phi) is 9.15. The Morgan fingerprint density at radius 1 is 0.960 bits per heavy atom. The molecule has 1 aliphatic heterocycles. The van der Waals surface area contributed by atoms with E-state index in [2.05, 4.69) is 73.0 Å². The molecule has 0 spiro atoms. The summed E-state index contributed by atoms with van der Waals surface area (Å²) in [7, 11) is 0.